The van der Waals surface area contributed by atoms with Crippen LogP contribution in [0.25, 0.3) is 0 Å². The normalized spacial score (nSPS) is 17.5. The third-order valence-corrected chi connectivity index (χ3v) is 5.26. The number of fused-ring (bicyclic) bond motifs is 2. The first-order chi connectivity index (χ1) is 13.6. The van der Waals surface area contributed by atoms with E-state index in [9.17, 15) is 9.59 Å². The van der Waals surface area contributed by atoms with Gasteiger partial charge in [0.1, 0.15) is 13.2 Å². The quantitative estimate of drug-likeness (QED) is 0.807. The predicted octanol–water partition coefficient (Wildman–Crippen LogP) is 3.32. The van der Waals surface area contributed by atoms with Crippen molar-refractivity contribution in [1.29, 1.82) is 0 Å². The van der Waals surface area contributed by atoms with Crippen molar-refractivity contribution >= 4 is 29.1 Å². The van der Waals surface area contributed by atoms with Crippen molar-refractivity contribution in [2.45, 2.75) is 25.8 Å². The van der Waals surface area contributed by atoms with Gasteiger partial charge in [0.25, 0.3) is 0 Å². The van der Waals surface area contributed by atoms with Gasteiger partial charge in [-0.05, 0) is 42.2 Å². The molecule has 0 saturated carbocycles. The molecule has 2 N–H and O–H groups in total. The number of ether oxygens (including phenoxy) is 2. The molecule has 6 nitrogen and oxygen atoms in total. The lowest BCUT2D eigenvalue weighted by Gasteiger charge is -2.24. The molecule has 28 heavy (non-hydrogen) atoms. The van der Waals surface area contributed by atoms with Gasteiger partial charge in [0, 0.05) is 24.6 Å². The summed E-state index contributed by atoms with van der Waals surface area (Å²) in [4.78, 5) is 24.5. The first kappa shape index (κ1) is 18.6. The minimum atomic E-state index is -0.190. The summed E-state index contributed by atoms with van der Waals surface area (Å²) < 4.78 is 11.0. The van der Waals surface area contributed by atoms with E-state index >= 15 is 0 Å². The van der Waals surface area contributed by atoms with Crippen LogP contribution in [0.4, 0.5) is 5.69 Å². The molecule has 2 heterocycles. The molecular formula is C21H21ClN2O4. The van der Waals surface area contributed by atoms with Gasteiger partial charge in [-0.2, -0.15) is 0 Å². The third kappa shape index (κ3) is 4.07. The Balaban J connectivity index is 1.30. The number of amides is 2. The first-order valence-electron chi connectivity index (χ1n) is 9.33. The molecule has 2 aliphatic heterocycles. The molecule has 2 amide bonds. The van der Waals surface area contributed by atoms with Crippen LogP contribution in [0.1, 0.15) is 24.0 Å². The molecule has 0 spiro atoms. The Kier molecular flexibility index (Phi) is 5.39. The SMILES string of the molecule is O=C(CCC1Cc2ccccc2NC1=O)NCc1cc(Cl)c2c(c1)OCCO2. The lowest BCUT2D eigenvalue weighted by molar-refractivity contribution is -0.122. The maximum absolute atomic E-state index is 12.3. The Morgan fingerprint density at radius 2 is 2.04 bits per heavy atom. The molecule has 146 valence electrons. The van der Waals surface area contributed by atoms with Gasteiger partial charge in [-0.1, -0.05) is 29.8 Å². The molecule has 7 heteroatoms. The van der Waals surface area contributed by atoms with E-state index in [2.05, 4.69) is 10.6 Å². The van der Waals surface area contributed by atoms with Crippen molar-refractivity contribution in [3.05, 3.63) is 52.5 Å². The van der Waals surface area contributed by atoms with Crippen LogP contribution in [-0.2, 0) is 22.6 Å². The van der Waals surface area contributed by atoms with E-state index in [1.54, 1.807) is 6.07 Å². The van der Waals surface area contributed by atoms with Gasteiger partial charge in [-0.25, -0.2) is 0 Å². The Bertz CT molecular complexity index is 915. The average molecular weight is 401 g/mol. The summed E-state index contributed by atoms with van der Waals surface area (Å²) in [6.07, 6.45) is 1.46. The van der Waals surface area contributed by atoms with Crippen molar-refractivity contribution in [2.24, 2.45) is 5.92 Å². The van der Waals surface area contributed by atoms with E-state index < -0.39 is 0 Å². The maximum atomic E-state index is 12.3. The lowest BCUT2D eigenvalue weighted by Crippen LogP contribution is -2.31. The zero-order valence-corrected chi connectivity index (χ0v) is 16.1. The van der Waals surface area contributed by atoms with Gasteiger partial charge >= 0.3 is 0 Å². The number of carbonyl (C=O) groups is 2. The Labute approximate surface area is 168 Å². The zero-order valence-electron chi connectivity index (χ0n) is 15.3. The molecule has 1 atom stereocenters. The molecule has 0 radical (unpaired) electrons. The molecule has 0 aliphatic carbocycles. The van der Waals surface area contributed by atoms with Gasteiger partial charge < -0.3 is 20.1 Å². The summed E-state index contributed by atoms with van der Waals surface area (Å²) in [5.41, 5.74) is 2.81. The number of halogens is 1. The van der Waals surface area contributed by atoms with Crippen LogP contribution in [0.2, 0.25) is 5.02 Å². The minimum absolute atomic E-state index is 0.0230. The van der Waals surface area contributed by atoms with Crippen LogP contribution < -0.4 is 20.1 Å². The number of carbonyl (C=O) groups excluding carboxylic acids is 2. The van der Waals surface area contributed by atoms with Crippen LogP contribution in [0.5, 0.6) is 11.5 Å². The van der Waals surface area contributed by atoms with Crippen molar-refractivity contribution in [3.8, 4) is 11.5 Å². The van der Waals surface area contributed by atoms with Gasteiger partial charge in [-0.3, -0.25) is 9.59 Å². The summed E-state index contributed by atoms with van der Waals surface area (Å²) in [6, 6.07) is 11.4. The van der Waals surface area contributed by atoms with Gasteiger partial charge in [0.15, 0.2) is 11.5 Å². The molecule has 2 aromatic rings. The lowest BCUT2D eigenvalue weighted by atomic mass is 9.89. The predicted molar refractivity (Wildman–Crippen MR) is 106 cm³/mol. The van der Waals surface area contributed by atoms with Crippen LogP contribution in [0.3, 0.4) is 0 Å². The molecule has 0 aromatic heterocycles. The fourth-order valence-electron chi connectivity index (χ4n) is 3.51. The highest BCUT2D eigenvalue weighted by atomic mass is 35.5. The van der Waals surface area contributed by atoms with Crippen molar-refractivity contribution < 1.29 is 19.1 Å². The highest BCUT2D eigenvalue weighted by Gasteiger charge is 2.26. The summed E-state index contributed by atoms with van der Waals surface area (Å²) in [7, 11) is 0. The number of para-hydroxylation sites is 1. The van der Waals surface area contributed by atoms with E-state index in [-0.39, 0.29) is 17.7 Å². The summed E-state index contributed by atoms with van der Waals surface area (Å²) >= 11 is 6.22. The largest absolute Gasteiger partial charge is 0.486 e. The molecule has 4 rings (SSSR count). The number of nitrogens with one attached hydrogen (secondary N) is 2. The second-order valence-corrected chi connectivity index (χ2v) is 7.37. The molecular weight excluding hydrogens is 380 g/mol. The highest BCUT2D eigenvalue weighted by Crippen LogP contribution is 2.38. The van der Waals surface area contributed by atoms with Gasteiger partial charge in [-0.15, -0.1) is 0 Å². The van der Waals surface area contributed by atoms with Crippen LogP contribution >= 0.6 is 11.6 Å². The molecule has 2 aromatic carbocycles. The first-order valence-corrected chi connectivity index (χ1v) is 9.71. The number of benzene rings is 2. The standard InChI is InChI=1S/C21H21ClN2O4/c22-16-9-13(10-18-20(16)28-8-7-27-18)12-23-19(25)6-5-15-11-14-3-1-2-4-17(14)24-21(15)26/h1-4,9-10,15H,5-8,11-12H2,(H,23,25)(H,24,26). The van der Waals surface area contributed by atoms with Crippen molar-refractivity contribution in [1.82, 2.24) is 5.32 Å². The topological polar surface area (TPSA) is 76.7 Å². The van der Waals surface area contributed by atoms with Gasteiger partial charge in [0.05, 0.1) is 5.02 Å². The average Bonchev–Trinajstić information content (AvgIpc) is 2.70. The molecule has 0 saturated heterocycles. The monoisotopic (exact) mass is 400 g/mol. The van der Waals surface area contributed by atoms with Crippen LogP contribution in [-0.4, -0.2) is 25.0 Å². The number of hydrogen-bond donors (Lipinski definition) is 2. The smallest absolute Gasteiger partial charge is 0.227 e. The maximum Gasteiger partial charge on any atom is 0.227 e. The fraction of sp³-hybridized carbons (Fsp3) is 0.333. The number of anilines is 1. The molecule has 0 fully saturated rings. The summed E-state index contributed by atoms with van der Waals surface area (Å²) in [5.74, 6) is 0.833. The van der Waals surface area contributed by atoms with E-state index in [0.717, 1.165) is 16.8 Å². The summed E-state index contributed by atoms with van der Waals surface area (Å²) in [6.45, 7) is 1.29. The van der Waals surface area contributed by atoms with Crippen molar-refractivity contribution in [3.63, 3.8) is 0 Å². The summed E-state index contributed by atoms with van der Waals surface area (Å²) in [5, 5.41) is 6.27. The Morgan fingerprint density at radius 1 is 1.21 bits per heavy atom. The van der Waals surface area contributed by atoms with E-state index in [1.807, 2.05) is 30.3 Å². The Hall–Kier alpha value is -2.73. The minimum Gasteiger partial charge on any atom is -0.486 e. The van der Waals surface area contributed by atoms with Gasteiger partial charge in [0.2, 0.25) is 11.8 Å². The second kappa shape index (κ2) is 8.10. The molecule has 2 aliphatic rings. The van der Waals surface area contributed by atoms with Crippen LogP contribution in [0, 0.1) is 5.92 Å². The third-order valence-electron chi connectivity index (χ3n) is 4.98. The number of hydrogen-bond acceptors (Lipinski definition) is 4. The van der Waals surface area contributed by atoms with Crippen LogP contribution in [0.15, 0.2) is 36.4 Å². The second-order valence-electron chi connectivity index (χ2n) is 6.96. The highest BCUT2D eigenvalue weighted by molar-refractivity contribution is 6.32. The van der Waals surface area contributed by atoms with Crippen molar-refractivity contribution in [2.75, 3.05) is 18.5 Å². The van der Waals surface area contributed by atoms with E-state index in [0.29, 0.717) is 55.5 Å². The van der Waals surface area contributed by atoms with E-state index in [4.69, 9.17) is 21.1 Å². The number of rotatable bonds is 5. The zero-order chi connectivity index (χ0) is 19.5. The molecule has 1 unspecified atom stereocenters. The fourth-order valence-corrected chi connectivity index (χ4v) is 3.79. The Morgan fingerprint density at radius 3 is 2.93 bits per heavy atom. The van der Waals surface area contributed by atoms with E-state index in [1.165, 1.54) is 0 Å². The molecule has 0 bridgehead atoms.